The van der Waals surface area contributed by atoms with Crippen molar-refractivity contribution in [3.63, 3.8) is 0 Å². The van der Waals surface area contributed by atoms with E-state index in [4.69, 9.17) is 9.47 Å². The highest BCUT2D eigenvalue weighted by atomic mass is 16.5. The number of ether oxygens (including phenoxy) is 2. The third kappa shape index (κ3) is 7.41. The van der Waals surface area contributed by atoms with Gasteiger partial charge in [0.15, 0.2) is 0 Å². The quantitative estimate of drug-likeness (QED) is 0.365. The Hall–Kier alpha value is -3.68. The molecule has 1 aliphatic carbocycles. The van der Waals surface area contributed by atoms with Crippen molar-refractivity contribution in [2.45, 2.75) is 58.0 Å². The average molecular weight is 509 g/mol. The second-order valence-corrected chi connectivity index (χ2v) is 9.80. The van der Waals surface area contributed by atoms with E-state index in [1.807, 2.05) is 68.4 Å². The van der Waals surface area contributed by atoms with Crippen LogP contribution in [0, 0.1) is 5.92 Å². The molecule has 3 rings (SSSR count). The Morgan fingerprint density at radius 3 is 2.16 bits per heavy atom. The first-order chi connectivity index (χ1) is 17.7. The van der Waals surface area contributed by atoms with Gasteiger partial charge in [0.25, 0.3) is 0 Å². The van der Waals surface area contributed by atoms with E-state index in [-0.39, 0.29) is 25.6 Å². The van der Waals surface area contributed by atoms with Crippen molar-refractivity contribution in [3.05, 3.63) is 60.2 Å². The van der Waals surface area contributed by atoms with Crippen LogP contribution in [-0.4, -0.2) is 54.5 Å². The molecule has 0 heterocycles. The molecule has 37 heavy (non-hydrogen) atoms. The molecule has 2 aromatic carbocycles. The average Bonchev–Trinajstić information content (AvgIpc) is 3.40. The van der Waals surface area contributed by atoms with E-state index in [0.717, 1.165) is 29.5 Å². The smallest absolute Gasteiger partial charge is 0.331 e. The normalized spacial score (nSPS) is 14.2. The molecule has 198 valence electrons. The number of carbonyl (C=O) groups is 4. The molecule has 2 aromatic rings. The number of amides is 2. The molecule has 0 radical (unpaired) electrons. The minimum atomic E-state index is -1.12. The highest BCUT2D eigenvalue weighted by molar-refractivity contribution is 6.00. The first-order valence-corrected chi connectivity index (χ1v) is 12.7. The van der Waals surface area contributed by atoms with Crippen LogP contribution in [0.5, 0.6) is 0 Å². The number of nitrogens with zero attached hydrogens (tertiary/aromatic N) is 1. The maximum atomic E-state index is 13.5. The molecule has 1 saturated carbocycles. The molecule has 0 saturated heterocycles. The highest BCUT2D eigenvalue weighted by Gasteiger charge is 2.49. The summed E-state index contributed by atoms with van der Waals surface area (Å²) in [5.74, 6) is -1.96. The second-order valence-electron chi connectivity index (χ2n) is 9.80. The molecule has 2 amide bonds. The van der Waals surface area contributed by atoms with E-state index in [9.17, 15) is 19.2 Å². The van der Waals surface area contributed by atoms with Crippen molar-refractivity contribution in [1.82, 2.24) is 10.2 Å². The molecule has 8 nitrogen and oxygen atoms in total. The molecular formula is C29H36N2O6. The zero-order valence-corrected chi connectivity index (χ0v) is 21.8. The minimum absolute atomic E-state index is 0.159. The Morgan fingerprint density at radius 2 is 1.57 bits per heavy atom. The topological polar surface area (TPSA) is 102 Å². The fourth-order valence-electron chi connectivity index (χ4n) is 4.60. The molecule has 1 aliphatic rings. The van der Waals surface area contributed by atoms with Crippen LogP contribution < -0.4 is 5.32 Å². The number of nitrogens with one attached hydrogen (secondary N) is 1. The number of carbonyl (C=O) groups excluding carboxylic acids is 4. The summed E-state index contributed by atoms with van der Waals surface area (Å²) in [6.07, 6.45) is 2.01. The Morgan fingerprint density at radius 1 is 0.946 bits per heavy atom. The lowest BCUT2D eigenvalue weighted by molar-refractivity contribution is -0.163. The maximum Gasteiger partial charge on any atom is 0.331 e. The predicted molar refractivity (Wildman–Crippen MR) is 139 cm³/mol. The summed E-state index contributed by atoms with van der Waals surface area (Å²) in [6, 6.07) is 17.7. The van der Waals surface area contributed by atoms with Crippen LogP contribution >= 0.6 is 0 Å². The number of hydrogen-bond donors (Lipinski definition) is 1. The molecule has 0 bridgehead atoms. The van der Waals surface area contributed by atoms with Crippen molar-refractivity contribution in [2.75, 3.05) is 20.3 Å². The third-order valence-electron chi connectivity index (χ3n) is 6.53. The molecule has 1 fully saturated rings. The first kappa shape index (κ1) is 27.9. The predicted octanol–water partition coefficient (Wildman–Crippen LogP) is 3.87. The Labute approximate surface area is 218 Å². The van der Waals surface area contributed by atoms with Gasteiger partial charge in [0.05, 0.1) is 13.7 Å². The monoisotopic (exact) mass is 508 g/mol. The lowest BCUT2D eigenvalue weighted by Crippen LogP contribution is -2.56. The van der Waals surface area contributed by atoms with Gasteiger partial charge in [-0.15, -0.1) is 0 Å². The molecule has 1 N–H and O–H groups in total. The Bertz CT molecular complexity index is 1080. The first-order valence-electron chi connectivity index (χ1n) is 12.7. The van der Waals surface area contributed by atoms with Gasteiger partial charge in [-0.25, -0.2) is 4.79 Å². The summed E-state index contributed by atoms with van der Waals surface area (Å²) >= 11 is 0. The summed E-state index contributed by atoms with van der Waals surface area (Å²) in [4.78, 5) is 52.3. The zero-order valence-electron chi connectivity index (χ0n) is 21.8. The largest absolute Gasteiger partial charge is 0.467 e. The van der Waals surface area contributed by atoms with Gasteiger partial charge < -0.3 is 19.7 Å². The van der Waals surface area contributed by atoms with Crippen molar-refractivity contribution in [3.8, 4) is 11.1 Å². The molecule has 0 spiro atoms. The zero-order chi connectivity index (χ0) is 26.8. The van der Waals surface area contributed by atoms with E-state index in [1.165, 1.54) is 12.0 Å². The van der Waals surface area contributed by atoms with Crippen molar-refractivity contribution in [2.24, 2.45) is 5.92 Å². The van der Waals surface area contributed by atoms with Gasteiger partial charge in [0.1, 0.15) is 18.5 Å². The summed E-state index contributed by atoms with van der Waals surface area (Å²) in [5.41, 5.74) is 1.82. The van der Waals surface area contributed by atoms with Crippen LogP contribution in [0.3, 0.4) is 0 Å². The number of rotatable bonds is 11. The van der Waals surface area contributed by atoms with Crippen LogP contribution in [0.4, 0.5) is 0 Å². The van der Waals surface area contributed by atoms with Crippen molar-refractivity contribution in [1.29, 1.82) is 0 Å². The third-order valence-corrected chi connectivity index (χ3v) is 6.53. The van der Waals surface area contributed by atoms with E-state index in [2.05, 4.69) is 5.32 Å². The van der Waals surface area contributed by atoms with E-state index < -0.39 is 35.7 Å². The summed E-state index contributed by atoms with van der Waals surface area (Å²) in [6.45, 7) is 3.92. The summed E-state index contributed by atoms with van der Waals surface area (Å²) in [5, 5.41) is 2.45. The van der Waals surface area contributed by atoms with Crippen LogP contribution in [0.15, 0.2) is 54.6 Å². The van der Waals surface area contributed by atoms with Gasteiger partial charge in [-0.3, -0.25) is 14.4 Å². The standard InChI is InChI=1S/C29H36N2O6/c1-21(2)20-37-27(34)18-30-25(32)17-26(33)31(29(28(35)36-3)15-7-8-16-29)19-22-11-13-24(14-12-22)23-9-5-4-6-10-23/h4-6,9-14,21H,7-8,15-20H2,1-3H3,(H,30,32). The lowest BCUT2D eigenvalue weighted by atomic mass is 9.93. The maximum absolute atomic E-state index is 13.5. The van der Waals surface area contributed by atoms with Gasteiger partial charge in [-0.2, -0.15) is 0 Å². The van der Waals surface area contributed by atoms with Crippen LogP contribution in [-0.2, 0) is 35.2 Å². The van der Waals surface area contributed by atoms with Crippen LogP contribution in [0.1, 0.15) is 51.5 Å². The van der Waals surface area contributed by atoms with Crippen molar-refractivity contribution < 1.29 is 28.7 Å². The fraction of sp³-hybridized carbons (Fsp3) is 0.448. The highest BCUT2D eigenvalue weighted by Crippen LogP contribution is 2.38. The summed E-state index contributed by atoms with van der Waals surface area (Å²) in [7, 11) is 1.31. The molecular weight excluding hydrogens is 472 g/mol. The molecule has 0 aromatic heterocycles. The fourth-order valence-corrected chi connectivity index (χ4v) is 4.60. The minimum Gasteiger partial charge on any atom is -0.467 e. The van der Waals surface area contributed by atoms with Gasteiger partial charge in [0.2, 0.25) is 11.8 Å². The molecule has 0 aliphatic heterocycles. The summed E-state index contributed by atoms with van der Waals surface area (Å²) < 4.78 is 10.2. The number of benzene rings is 2. The van der Waals surface area contributed by atoms with Gasteiger partial charge >= 0.3 is 11.9 Å². The van der Waals surface area contributed by atoms with E-state index >= 15 is 0 Å². The number of methoxy groups -OCH3 is 1. The lowest BCUT2D eigenvalue weighted by Gasteiger charge is -2.39. The Balaban J connectivity index is 1.75. The van der Waals surface area contributed by atoms with E-state index in [0.29, 0.717) is 12.8 Å². The Kier molecular flexibility index (Phi) is 9.83. The van der Waals surface area contributed by atoms with Crippen molar-refractivity contribution >= 4 is 23.8 Å². The number of hydrogen-bond acceptors (Lipinski definition) is 6. The van der Waals surface area contributed by atoms with E-state index in [1.54, 1.807) is 0 Å². The van der Waals surface area contributed by atoms with Gasteiger partial charge in [-0.1, -0.05) is 81.3 Å². The second kappa shape index (κ2) is 13.0. The number of esters is 2. The SMILES string of the molecule is COC(=O)C1(N(Cc2ccc(-c3ccccc3)cc2)C(=O)CC(=O)NCC(=O)OCC(C)C)CCCC1. The van der Waals surface area contributed by atoms with Gasteiger partial charge in [-0.05, 0) is 35.4 Å². The molecule has 8 heteroatoms. The molecule has 0 atom stereocenters. The van der Waals surface area contributed by atoms with Crippen LogP contribution in [0.2, 0.25) is 0 Å². The molecule has 0 unspecified atom stereocenters. The van der Waals surface area contributed by atoms with Gasteiger partial charge in [0, 0.05) is 6.54 Å². The van der Waals surface area contributed by atoms with Crippen LogP contribution in [0.25, 0.3) is 11.1 Å².